The summed E-state index contributed by atoms with van der Waals surface area (Å²) < 4.78 is 17.2. The van der Waals surface area contributed by atoms with Crippen molar-refractivity contribution in [1.29, 1.82) is 0 Å². The van der Waals surface area contributed by atoms with Crippen LogP contribution in [0.15, 0.2) is 28.8 Å². The summed E-state index contributed by atoms with van der Waals surface area (Å²) in [6.45, 7) is 3.56. The normalized spacial score (nSPS) is 14.4. The summed E-state index contributed by atoms with van der Waals surface area (Å²) in [6.07, 6.45) is 0. The quantitative estimate of drug-likeness (QED) is 0.866. The summed E-state index contributed by atoms with van der Waals surface area (Å²) in [7, 11) is -1.10. The Labute approximate surface area is 113 Å². The maximum atomic E-state index is 12.2. The monoisotopic (exact) mass is 284 g/mol. The van der Waals surface area contributed by atoms with Gasteiger partial charge in [-0.3, -0.25) is 4.21 Å². The van der Waals surface area contributed by atoms with Crippen LogP contribution in [0.4, 0.5) is 0 Å². The van der Waals surface area contributed by atoms with Crippen molar-refractivity contribution < 1.29 is 8.73 Å². The third kappa shape index (κ3) is 3.17. The number of nitrogens with zero attached hydrogens (tertiary/aromatic N) is 2. The van der Waals surface area contributed by atoms with E-state index in [-0.39, 0.29) is 5.25 Å². The highest BCUT2D eigenvalue weighted by Crippen LogP contribution is 2.21. The Bertz CT molecular complexity index is 553. The number of aryl methyl sites for hydroxylation is 1. The third-order valence-electron chi connectivity index (χ3n) is 2.51. The van der Waals surface area contributed by atoms with Gasteiger partial charge in [0.05, 0.1) is 0 Å². The molecule has 6 heteroatoms. The summed E-state index contributed by atoms with van der Waals surface area (Å²) in [5.74, 6) is 1.42. The summed E-state index contributed by atoms with van der Waals surface area (Å²) in [5.41, 5.74) is 0.973. The van der Waals surface area contributed by atoms with Gasteiger partial charge in [0.2, 0.25) is 5.89 Å². The molecule has 4 nitrogen and oxygen atoms in total. The molecule has 0 aliphatic rings. The number of aromatic nitrogens is 2. The molecule has 18 heavy (non-hydrogen) atoms. The summed E-state index contributed by atoms with van der Waals surface area (Å²) in [6, 6.07) is 7.31. The number of hydrogen-bond acceptors (Lipinski definition) is 4. The van der Waals surface area contributed by atoms with Crippen LogP contribution in [0.5, 0.6) is 0 Å². The molecule has 0 unspecified atom stereocenters. The standard InChI is InChI=1S/C12H13ClN2O2S/c1-8(12-14-9(2)15-17-12)18(16)7-10-3-5-11(13)6-4-10/h3-6,8H,7H2,1-2H3/t8-,18+/m1/s1. The minimum atomic E-state index is -1.10. The van der Waals surface area contributed by atoms with Gasteiger partial charge in [0.1, 0.15) is 5.25 Å². The Morgan fingerprint density at radius 2 is 2.06 bits per heavy atom. The fourth-order valence-corrected chi connectivity index (χ4v) is 2.68. The van der Waals surface area contributed by atoms with Crippen LogP contribution in [-0.4, -0.2) is 14.3 Å². The summed E-state index contributed by atoms with van der Waals surface area (Å²) >= 11 is 5.80. The SMILES string of the molecule is Cc1noc([C@@H](C)[S@@](=O)Cc2ccc(Cl)cc2)n1. The zero-order valence-electron chi connectivity index (χ0n) is 10.1. The van der Waals surface area contributed by atoms with Crippen LogP contribution in [-0.2, 0) is 16.6 Å². The number of benzene rings is 1. The van der Waals surface area contributed by atoms with Gasteiger partial charge in [-0.2, -0.15) is 4.98 Å². The lowest BCUT2D eigenvalue weighted by Crippen LogP contribution is -2.05. The van der Waals surface area contributed by atoms with Gasteiger partial charge >= 0.3 is 0 Å². The molecule has 1 heterocycles. The lowest BCUT2D eigenvalue weighted by molar-refractivity contribution is 0.375. The van der Waals surface area contributed by atoms with Gasteiger partial charge in [0.15, 0.2) is 5.82 Å². The largest absolute Gasteiger partial charge is 0.338 e. The fraction of sp³-hybridized carbons (Fsp3) is 0.333. The first-order chi connectivity index (χ1) is 8.56. The van der Waals surface area contributed by atoms with Crippen LogP contribution >= 0.6 is 11.6 Å². The van der Waals surface area contributed by atoms with Crippen molar-refractivity contribution in [2.75, 3.05) is 0 Å². The summed E-state index contributed by atoms with van der Waals surface area (Å²) in [5, 5.41) is 4.10. The Balaban J connectivity index is 2.05. The highest BCUT2D eigenvalue weighted by molar-refractivity contribution is 7.84. The molecule has 0 saturated carbocycles. The lowest BCUT2D eigenvalue weighted by atomic mass is 10.2. The Hall–Kier alpha value is -1.20. The van der Waals surface area contributed by atoms with Crippen LogP contribution in [0.1, 0.15) is 29.5 Å². The fourth-order valence-electron chi connectivity index (χ4n) is 1.46. The van der Waals surface area contributed by atoms with Crippen molar-refractivity contribution in [3.63, 3.8) is 0 Å². The zero-order chi connectivity index (χ0) is 13.1. The van der Waals surface area contributed by atoms with Gasteiger partial charge in [0.25, 0.3) is 0 Å². The first-order valence-electron chi connectivity index (χ1n) is 5.48. The number of hydrogen-bond donors (Lipinski definition) is 0. The lowest BCUT2D eigenvalue weighted by Gasteiger charge is -2.07. The minimum absolute atomic E-state index is 0.276. The smallest absolute Gasteiger partial charge is 0.242 e. The van der Waals surface area contributed by atoms with Crippen molar-refractivity contribution in [2.45, 2.75) is 24.9 Å². The molecule has 0 bridgehead atoms. The van der Waals surface area contributed by atoms with Crippen LogP contribution in [0.25, 0.3) is 0 Å². The first-order valence-corrected chi connectivity index (χ1v) is 7.24. The van der Waals surface area contributed by atoms with E-state index in [1.165, 1.54) is 0 Å². The van der Waals surface area contributed by atoms with Crippen LogP contribution < -0.4 is 0 Å². The van der Waals surface area contributed by atoms with E-state index in [1.807, 2.05) is 19.1 Å². The van der Waals surface area contributed by atoms with Crippen molar-refractivity contribution >= 4 is 22.4 Å². The van der Waals surface area contributed by atoms with Gasteiger partial charge in [0, 0.05) is 21.6 Å². The molecule has 1 aromatic carbocycles. The Morgan fingerprint density at radius 3 is 2.61 bits per heavy atom. The molecule has 1 aromatic heterocycles. The molecule has 2 atom stereocenters. The van der Waals surface area contributed by atoms with Crippen LogP contribution in [0.3, 0.4) is 0 Å². The number of rotatable bonds is 4. The maximum Gasteiger partial charge on any atom is 0.242 e. The van der Waals surface area contributed by atoms with E-state index in [0.717, 1.165) is 5.56 Å². The predicted molar refractivity (Wildman–Crippen MR) is 70.7 cm³/mol. The van der Waals surface area contributed by atoms with E-state index in [4.69, 9.17) is 16.1 Å². The third-order valence-corrected chi connectivity index (χ3v) is 4.37. The average Bonchev–Trinajstić information content (AvgIpc) is 2.78. The molecule has 0 aliphatic heterocycles. The molecule has 96 valence electrons. The molecule has 0 saturated heterocycles. The topological polar surface area (TPSA) is 56.0 Å². The second-order valence-corrected chi connectivity index (χ2v) is 6.17. The number of halogens is 1. The predicted octanol–water partition coefficient (Wildman–Crippen LogP) is 3.04. The first kappa shape index (κ1) is 13.2. The highest BCUT2D eigenvalue weighted by Gasteiger charge is 2.19. The molecule has 0 radical (unpaired) electrons. The van der Waals surface area contributed by atoms with E-state index in [1.54, 1.807) is 19.1 Å². The molecule has 0 fully saturated rings. The van der Waals surface area contributed by atoms with Gasteiger partial charge < -0.3 is 4.52 Å². The van der Waals surface area contributed by atoms with Crippen molar-refractivity contribution in [3.05, 3.63) is 46.6 Å². The van der Waals surface area contributed by atoms with E-state index in [2.05, 4.69) is 10.1 Å². The molecule has 2 aromatic rings. The van der Waals surface area contributed by atoms with Crippen molar-refractivity contribution in [1.82, 2.24) is 10.1 Å². The second-order valence-electron chi connectivity index (χ2n) is 3.97. The molecule has 0 aliphatic carbocycles. The second kappa shape index (κ2) is 5.63. The van der Waals surface area contributed by atoms with Gasteiger partial charge in [-0.25, -0.2) is 0 Å². The molecular formula is C12H13ClN2O2S. The van der Waals surface area contributed by atoms with Crippen molar-refractivity contribution in [3.8, 4) is 0 Å². The molecule has 0 amide bonds. The zero-order valence-corrected chi connectivity index (χ0v) is 11.7. The maximum absolute atomic E-state index is 12.2. The highest BCUT2D eigenvalue weighted by atomic mass is 35.5. The van der Waals surface area contributed by atoms with Gasteiger partial charge in [-0.15, -0.1) is 0 Å². The van der Waals surface area contributed by atoms with Crippen LogP contribution in [0, 0.1) is 6.92 Å². The van der Waals surface area contributed by atoms with E-state index in [0.29, 0.717) is 22.5 Å². The van der Waals surface area contributed by atoms with E-state index < -0.39 is 10.8 Å². The molecular weight excluding hydrogens is 272 g/mol. The van der Waals surface area contributed by atoms with E-state index >= 15 is 0 Å². The van der Waals surface area contributed by atoms with Gasteiger partial charge in [-0.1, -0.05) is 28.9 Å². The molecule has 0 N–H and O–H groups in total. The molecule has 0 spiro atoms. The summed E-state index contributed by atoms with van der Waals surface area (Å²) in [4.78, 5) is 4.10. The molecule has 2 rings (SSSR count). The van der Waals surface area contributed by atoms with Crippen molar-refractivity contribution in [2.24, 2.45) is 0 Å². The average molecular weight is 285 g/mol. The minimum Gasteiger partial charge on any atom is -0.338 e. The van der Waals surface area contributed by atoms with Gasteiger partial charge in [-0.05, 0) is 31.5 Å². The van der Waals surface area contributed by atoms with E-state index in [9.17, 15) is 4.21 Å². The Morgan fingerprint density at radius 1 is 1.39 bits per heavy atom. The van der Waals surface area contributed by atoms with Crippen LogP contribution in [0.2, 0.25) is 5.02 Å². The Kier molecular flexibility index (Phi) is 4.14.